The van der Waals surface area contributed by atoms with Crippen LogP contribution >= 0.6 is 0 Å². The number of carbonyl (C=O) groups is 1. The van der Waals surface area contributed by atoms with Gasteiger partial charge in [-0.05, 0) is 31.4 Å². The molecule has 2 heterocycles. The number of rotatable bonds is 1. The summed E-state index contributed by atoms with van der Waals surface area (Å²) in [4.78, 5) is 11.5. The average molecular weight is 268 g/mol. The number of allylic oxidation sites excluding steroid dienone is 2. The van der Waals surface area contributed by atoms with E-state index in [1.807, 2.05) is 6.08 Å². The molecule has 0 spiro atoms. The van der Waals surface area contributed by atoms with E-state index in [0.29, 0.717) is 6.54 Å². The molecule has 1 aromatic carbocycles. The second-order valence-electron chi connectivity index (χ2n) is 5.11. The molecular formula is C15H16N4O. The molecule has 3 rings (SSSR count). The Morgan fingerprint density at radius 1 is 1.25 bits per heavy atom. The molecule has 0 unspecified atom stereocenters. The van der Waals surface area contributed by atoms with Crippen LogP contribution in [0.2, 0.25) is 0 Å². The van der Waals surface area contributed by atoms with Crippen LogP contribution in [0.15, 0.2) is 24.3 Å². The van der Waals surface area contributed by atoms with Gasteiger partial charge in [-0.15, -0.1) is 10.2 Å². The van der Waals surface area contributed by atoms with Crippen molar-refractivity contribution in [3.8, 4) is 11.4 Å². The monoisotopic (exact) mass is 268 g/mol. The SMILES string of the molecule is Cc1cc(C)c2c(c1)C/C=C\Cn1c(C(N)=O)nnc1-2. The molecule has 0 aliphatic carbocycles. The Morgan fingerprint density at radius 3 is 2.80 bits per heavy atom. The Hall–Kier alpha value is -2.43. The first-order valence-corrected chi connectivity index (χ1v) is 6.56. The minimum atomic E-state index is -0.552. The number of carbonyl (C=O) groups excluding carboxylic acids is 1. The number of hydrogen-bond donors (Lipinski definition) is 1. The van der Waals surface area contributed by atoms with Gasteiger partial charge in [-0.25, -0.2) is 0 Å². The summed E-state index contributed by atoms with van der Waals surface area (Å²) in [7, 11) is 0. The predicted molar refractivity (Wildman–Crippen MR) is 76.3 cm³/mol. The Bertz CT molecular complexity index is 728. The first kappa shape index (κ1) is 12.6. The van der Waals surface area contributed by atoms with Gasteiger partial charge in [0.15, 0.2) is 5.82 Å². The summed E-state index contributed by atoms with van der Waals surface area (Å²) in [5, 5.41) is 8.14. The molecule has 1 aromatic heterocycles. The van der Waals surface area contributed by atoms with Gasteiger partial charge in [0, 0.05) is 12.1 Å². The molecule has 5 nitrogen and oxygen atoms in total. The van der Waals surface area contributed by atoms with Crippen LogP contribution in [-0.4, -0.2) is 20.7 Å². The zero-order chi connectivity index (χ0) is 14.3. The third-order valence-corrected chi connectivity index (χ3v) is 3.55. The first-order valence-electron chi connectivity index (χ1n) is 6.56. The van der Waals surface area contributed by atoms with Gasteiger partial charge >= 0.3 is 0 Å². The van der Waals surface area contributed by atoms with Crippen LogP contribution in [0, 0.1) is 13.8 Å². The van der Waals surface area contributed by atoms with E-state index >= 15 is 0 Å². The number of nitrogens with two attached hydrogens (primary N) is 1. The molecule has 0 saturated carbocycles. The van der Waals surface area contributed by atoms with Gasteiger partial charge in [0.2, 0.25) is 5.82 Å². The number of nitrogens with zero attached hydrogens (tertiary/aromatic N) is 3. The van der Waals surface area contributed by atoms with E-state index in [1.54, 1.807) is 4.57 Å². The standard InChI is InChI=1S/C15H16N4O/c1-9-7-10(2)12-11(8-9)5-3-4-6-19-14(12)17-18-15(19)13(16)20/h3-4,7-8H,5-6H2,1-2H3,(H2,16,20)/b4-3-. The van der Waals surface area contributed by atoms with E-state index in [-0.39, 0.29) is 5.82 Å². The number of hydrogen-bond acceptors (Lipinski definition) is 3. The number of amides is 1. The molecule has 1 aliphatic rings. The molecule has 1 amide bonds. The van der Waals surface area contributed by atoms with Gasteiger partial charge in [0.25, 0.3) is 5.91 Å². The third-order valence-electron chi connectivity index (χ3n) is 3.55. The minimum absolute atomic E-state index is 0.206. The van der Waals surface area contributed by atoms with Gasteiger partial charge in [0.05, 0.1) is 0 Å². The summed E-state index contributed by atoms with van der Waals surface area (Å²) >= 11 is 0. The Balaban J connectivity index is 2.31. The fourth-order valence-electron chi connectivity index (χ4n) is 2.77. The van der Waals surface area contributed by atoms with Crippen LogP contribution in [0.3, 0.4) is 0 Å². The smallest absolute Gasteiger partial charge is 0.286 e. The number of primary amides is 1. The molecule has 0 fully saturated rings. The molecule has 20 heavy (non-hydrogen) atoms. The van der Waals surface area contributed by atoms with Crippen LogP contribution in [0.4, 0.5) is 0 Å². The lowest BCUT2D eigenvalue weighted by molar-refractivity contribution is 0.0986. The quantitative estimate of drug-likeness (QED) is 0.801. The maximum atomic E-state index is 11.5. The maximum Gasteiger partial charge on any atom is 0.286 e. The second-order valence-corrected chi connectivity index (χ2v) is 5.11. The molecular weight excluding hydrogens is 252 g/mol. The highest BCUT2D eigenvalue weighted by Crippen LogP contribution is 2.30. The van der Waals surface area contributed by atoms with E-state index in [2.05, 4.69) is 42.3 Å². The summed E-state index contributed by atoms with van der Waals surface area (Å²) < 4.78 is 1.78. The fourth-order valence-corrected chi connectivity index (χ4v) is 2.77. The number of aryl methyl sites for hydroxylation is 2. The van der Waals surface area contributed by atoms with Crippen LogP contribution in [0.25, 0.3) is 11.4 Å². The number of fused-ring (bicyclic) bond motifs is 3. The van der Waals surface area contributed by atoms with Crippen molar-refractivity contribution in [2.75, 3.05) is 0 Å². The third kappa shape index (κ3) is 1.91. The lowest BCUT2D eigenvalue weighted by atomic mass is 9.95. The van der Waals surface area contributed by atoms with Crippen molar-refractivity contribution in [1.82, 2.24) is 14.8 Å². The van der Waals surface area contributed by atoms with Crippen molar-refractivity contribution in [2.24, 2.45) is 5.73 Å². The van der Waals surface area contributed by atoms with Crippen LogP contribution in [0.1, 0.15) is 27.3 Å². The van der Waals surface area contributed by atoms with E-state index in [1.165, 1.54) is 11.1 Å². The minimum Gasteiger partial charge on any atom is -0.363 e. The Morgan fingerprint density at radius 2 is 2.05 bits per heavy atom. The van der Waals surface area contributed by atoms with Crippen molar-refractivity contribution in [1.29, 1.82) is 0 Å². The zero-order valence-corrected chi connectivity index (χ0v) is 11.6. The van der Waals surface area contributed by atoms with Crippen LogP contribution in [0.5, 0.6) is 0 Å². The molecule has 1 aliphatic heterocycles. The van der Waals surface area contributed by atoms with Gasteiger partial charge < -0.3 is 5.73 Å². The van der Waals surface area contributed by atoms with Crippen molar-refractivity contribution >= 4 is 5.91 Å². The van der Waals surface area contributed by atoms with Crippen LogP contribution < -0.4 is 5.73 Å². The number of aromatic nitrogens is 3. The molecule has 0 saturated heterocycles. The summed E-state index contributed by atoms with van der Waals surface area (Å²) in [6.07, 6.45) is 4.97. The molecule has 0 atom stereocenters. The van der Waals surface area contributed by atoms with E-state index < -0.39 is 5.91 Å². The number of benzene rings is 1. The van der Waals surface area contributed by atoms with E-state index in [9.17, 15) is 4.79 Å². The topological polar surface area (TPSA) is 73.8 Å². The highest BCUT2D eigenvalue weighted by Gasteiger charge is 2.21. The van der Waals surface area contributed by atoms with Crippen molar-refractivity contribution in [2.45, 2.75) is 26.8 Å². The molecule has 0 bridgehead atoms. The van der Waals surface area contributed by atoms with Gasteiger partial charge in [-0.1, -0.05) is 29.8 Å². The Labute approximate surface area is 117 Å². The summed E-state index contributed by atoms with van der Waals surface area (Å²) in [5.41, 5.74) is 9.98. The van der Waals surface area contributed by atoms with Gasteiger partial charge in [-0.2, -0.15) is 0 Å². The first-order chi connectivity index (χ1) is 9.58. The predicted octanol–water partition coefficient (Wildman–Crippen LogP) is 1.77. The summed E-state index contributed by atoms with van der Waals surface area (Å²) in [6.45, 7) is 4.70. The second kappa shape index (κ2) is 4.59. The van der Waals surface area contributed by atoms with Gasteiger partial charge in [0.1, 0.15) is 0 Å². The normalized spacial score (nSPS) is 14.9. The van der Waals surface area contributed by atoms with E-state index in [0.717, 1.165) is 23.4 Å². The molecule has 0 radical (unpaired) electrons. The molecule has 2 aromatic rings. The maximum absolute atomic E-state index is 11.5. The molecule has 5 heteroatoms. The zero-order valence-electron chi connectivity index (χ0n) is 11.6. The molecule has 102 valence electrons. The average Bonchev–Trinajstić information content (AvgIpc) is 2.74. The fraction of sp³-hybridized carbons (Fsp3) is 0.267. The van der Waals surface area contributed by atoms with Gasteiger partial charge in [-0.3, -0.25) is 9.36 Å². The highest BCUT2D eigenvalue weighted by molar-refractivity contribution is 5.90. The van der Waals surface area contributed by atoms with E-state index in [4.69, 9.17) is 5.73 Å². The van der Waals surface area contributed by atoms with Crippen molar-refractivity contribution in [3.05, 3.63) is 46.8 Å². The molecule has 2 N–H and O–H groups in total. The largest absolute Gasteiger partial charge is 0.363 e. The summed E-state index contributed by atoms with van der Waals surface area (Å²) in [5.74, 6) is 0.372. The van der Waals surface area contributed by atoms with Crippen molar-refractivity contribution < 1.29 is 4.79 Å². The van der Waals surface area contributed by atoms with Crippen LogP contribution in [-0.2, 0) is 13.0 Å². The summed E-state index contributed by atoms with van der Waals surface area (Å²) in [6, 6.07) is 4.27. The van der Waals surface area contributed by atoms with Crippen molar-refractivity contribution in [3.63, 3.8) is 0 Å². The lowest BCUT2D eigenvalue weighted by Crippen LogP contribution is -2.19. The lowest BCUT2D eigenvalue weighted by Gasteiger charge is -2.16. The Kier molecular flexibility index (Phi) is 2.89. The highest BCUT2D eigenvalue weighted by atomic mass is 16.1.